The van der Waals surface area contributed by atoms with Crippen LogP contribution in [0.2, 0.25) is 0 Å². The summed E-state index contributed by atoms with van der Waals surface area (Å²) in [7, 11) is 0. The molecular weight excluding hydrogens is 192 g/mol. The van der Waals surface area contributed by atoms with E-state index in [1.165, 1.54) is 47.6 Å². The Labute approximate surface area is 97.3 Å². The van der Waals surface area contributed by atoms with Crippen LogP contribution < -0.4 is 0 Å². The fraction of sp³-hybridized carbons (Fsp3) is 0.375. The Bertz CT molecular complexity index is 499. The van der Waals surface area contributed by atoms with Crippen LogP contribution in [0.4, 0.5) is 0 Å². The average molecular weight is 210 g/mol. The highest BCUT2D eigenvalue weighted by Crippen LogP contribution is 2.28. The summed E-state index contributed by atoms with van der Waals surface area (Å²) in [6, 6.07) is 9.49. The first kappa shape index (κ1) is 9.89. The van der Waals surface area contributed by atoms with E-state index in [1.807, 2.05) is 0 Å². The van der Waals surface area contributed by atoms with Crippen LogP contribution >= 0.6 is 0 Å². The molecule has 16 heavy (non-hydrogen) atoms. The highest BCUT2D eigenvalue weighted by molar-refractivity contribution is 5.85. The van der Waals surface area contributed by atoms with Crippen molar-refractivity contribution in [3.8, 4) is 0 Å². The van der Waals surface area contributed by atoms with E-state index in [2.05, 4.69) is 38.1 Å². The van der Waals surface area contributed by atoms with Gasteiger partial charge in [-0.15, -0.1) is 0 Å². The lowest BCUT2D eigenvalue weighted by Crippen LogP contribution is -2.02. The van der Waals surface area contributed by atoms with Gasteiger partial charge in [-0.25, -0.2) is 0 Å². The predicted octanol–water partition coefficient (Wildman–Crippen LogP) is 4.34. The molecule has 0 radical (unpaired) electrons. The van der Waals surface area contributed by atoms with Crippen molar-refractivity contribution >= 4 is 10.8 Å². The van der Waals surface area contributed by atoms with Crippen LogP contribution in [0.25, 0.3) is 10.8 Å². The molecule has 0 fully saturated rings. The number of rotatable bonds is 0. The molecule has 82 valence electrons. The van der Waals surface area contributed by atoms with E-state index in [1.54, 1.807) is 11.1 Å². The van der Waals surface area contributed by atoms with Crippen molar-refractivity contribution in [2.75, 3.05) is 0 Å². The number of fused-ring (bicyclic) bond motifs is 2. The molecule has 0 unspecified atom stereocenters. The minimum absolute atomic E-state index is 1.28. The van der Waals surface area contributed by atoms with Gasteiger partial charge in [0.05, 0.1) is 0 Å². The van der Waals surface area contributed by atoms with Crippen LogP contribution in [-0.2, 0) is 12.8 Å². The summed E-state index contributed by atoms with van der Waals surface area (Å²) in [6.45, 7) is 4.41. The fourth-order valence-electron chi connectivity index (χ4n) is 2.77. The average Bonchev–Trinajstić information content (AvgIpc) is 2.28. The minimum Gasteiger partial charge on any atom is -0.0512 e. The number of hydrogen-bond acceptors (Lipinski definition) is 0. The van der Waals surface area contributed by atoms with E-state index in [4.69, 9.17) is 0 Å². The second kappa shape index (κ2) is 3.62. The molecule has 0 heteroatoms. The van der Waals surface area contributed by atoms with Crippen LogP contribution in [0, 0.1) is 13.8 Å². The Balaban J connectivity index is 2.27. The Kier molecular flexibility index (Phi) is 2.24. The van der Waals surface area contributed by atoms with Gasteiger partial charge in [0.15, 0.2) is 0 Å². The largest absolute Gasteiger partial charge is 0.0512 e. The van der Waals surface area contributed by atoms with E-state index >= 15 is 0 Å². The topological polar surface area (TPSA) is 0 Å². The SMILES string of the molecule is Cc1cc2cc3c(cc2cc1C)CCCC3. The Hall–Kier alpha value is -1.30. The summed E-state index contributed by atoms with van der Waals surface area (Å²) >= 11 is 0. The van der Waals surface area contributed by atoms with Crippen molar-refractivity contribution in [3.05, 3.63) is 46.5 Å². The fourth-order valence-corrected chi connectivity index (χ4v) is 2.77. The zero-order valence-corrected chi connectivity index (χ0v) is 10.1. The van der Waals surface area contributed by atoms with Gasteiger partial charge in [0.1, 0.15) is 0 Å². The lowest BCUT2D eigenvalue weighted by molar-refractivity contribution is 0.687. The zero-order chi connectivity index (χ0) is 11.1. The molecule has 0 aromatic heterocycles. The van der Waals surface area contributed by atoms with Gasteiger partial charge in [0, 0.05) is 0 Å². The van der Waals surface area contributed by atoms with E-state index in [-0.39, 0.29) is 0 Å². The van der Waals surface area contributed by atoms with E-state index in [9.17, 15) is 0 Å². The second-order valence-corrected chi connectivity index (χ2v) is 5.11. The minimum atomic E-state index is 1.28. The first-order valence-electron chi connectivity index (χ1n) is 6.27. The van der Waals surface area contributed by atoms with Gasteiger partial charge in [-0.3, -0.25) is 0 Å². The van der Waals surface area contributed by atoms with Gasteiger partial charge >= 0.3 is 0 Å². The molecule has 2 aromatic rings. The molecule has 3 rings (SSSR count). The summed E-state index contributed by atoms with van der Waals surface area (Å²) in [4.78, 5) is 0. The molecule has 0 atom stereocenters. The molecule has 0 amide bonds. The van der Waals surface area contributed by atoms with Crippen molar-refractivity contribution in [2.24, 2.45) is 0 Å². The number of hydrogen-bond donors (Lipinski definition) is 0. The highest BCUT2D eigenvalue weighted by atomic mass is 14.2. The standard InChI is InChI=1S/C16H18/c1-11-7-15-9-13-5-3-4-6-14(13)10-16(15)8-12(11)2/h7-10H,3-6H2,1-2H3. The van der Waals surface area contributed by atoms with Crippen molar-refractivity contribution in [1.82, 2.24) is 0 Å². The highest BCUT2D eigenvalue weighted by Gasteiger charge is 2.10. The molecule has 0 heterocycles. The van der Waals surface area contributed by atoms with Crippen molar-refractivity contribution in [2.45, 2.75) is 39.5 Å². The maximum Gasteiger partial charge on any atom is -0.0178 e. The van der Waals surface area contributed by atoms with Crippen LogP contribution in [0.5, 0.6) is 0 Å². The van der Waals surface area contributed by atoms with Crippen LogP contribution in [-0.4, -0.2) is 0 Å². The molecule has 1 aliphatic rings. The third-order valence-corrected chi connectivity index (χ3v) is 3.91. The third kappa shape index (κ3) is 1.53. The van der Waals surface area contributed by atoms with Crippen LogP contribution in [0.1, 0.15) is 35.1 Å². The zero-order valence-electron chi connectivity index (χ0n) is 10.1. The maximum atomic E-state index is 2.41. The van der Waals surface area contributed by atoms with Gasteiger partial charge in [-0.05, 0) is 72.6 Å². The molecule has 0 spiro atoms. The molecule has 0 N–H and O–H groups in total. The molecule has 0 bridgehead atoms. The monoisotopic (exact) mass is 210 g/mol. The second-order valence-electron chi connectivity index (χ2n) is 5.11. The first-order valence-corrected chi connectivity index (χ1v) is 6.27. The molecule has 1 aliphatic carbocycles. The third-order valence-electron chi connectivity index (χ3n) is 3.91. The quantitative estimate of drug-likeness (QED) is 0.607. The van der Waals surface area contributed by atoms with Gasteiger partial charge in [-0.2, -0.15) is 0 Å². The van der Waals surface area contributed by atoms with Crippen molar-refractivity contribution in [3.63, 3.8) is 0 Å². The lowest BCUT2D eigenvalue weighted by Gasteiger charge is -2.17. The first-order chi connectivity index (χ1) is 7.74. The van der Waals surface area contributed by atoms with Crippen LogP contribution in [0.15, 0.2) is 24.3 Å². The van der Waals surface area contributed by atoms with E-state index < -0.39 is 0 Å². The number of benzene rings is 2. The van der Waals surface area contributed by atoms with Gasteiger partial charge in [-0.1, -0.05) is 24.3 Å². The summed E-state index contributed by atoms with van der Waals surface area (Å²) in [5.41, 5.74) is 5.98. The Morgan fingerprint density at radius 2 is 1.12 bits per heavy atom. The van der Waals surface area contributed by atoms with Crippen LogP contribution in [0.3, 0.4) is 0 Å². The summed E-state index contributed by atoms with van der Waals surface area (Å²) < 4.78 is 0. The molecule has 0 saturated carbocycles. The normalized spacial score (nSPS) is 15.1. The predicted molar refractivity (Wildman–Crippen MR) is 70.1 cm³/mol. The molecule has 0 saturated heterocycles. The van der Waals surface area contributed by atoms with E-state index in [0.717, 1.165) is 0 Å². The van der Waals surface area contributed by atoms with E-state index in [0.29, 0.717) is 0 Å². The Morgan fingerprint density at radius 1 is 0.688 bits per heavy atom. The number of aryl methyl sites for hydroxylation is 4. The smallest absolute Gasteiger partial charge is 0.0178 e. The van der Waals surface area contributed by atoms with Crippen molar-refractivity contribution in [1.29, 1.82) is 0 Å². The summed E-state index contributed by atoms with van der Waals surface area (Å²) in [6.07, 6.45) is 5.28. The summed E-state index contributed by atoms with van der Waals surface area (Å²) in [5.74, 6) is 0. The lowest BCUT2D eigenvalue weighted by atomic mass is 9.88. The maximum absolute atomic E-state index is 2.41. The van der Waals surface area contributed by atoms with Crippen molar-refractivity contribution < 1.29 is 0 Å². The Morgan fingerprint density at radius 3 is 1.56 bits per heavy atom. The molecule has 0 aliphatic heterocycles. The summed E-state index contributed by atoms with van der Waals surface area (Å²) in [5, 5.41) is 2.84. The molecule has 2 aromatic carbocycles. The van der Waals surface area contributed by atoms with Gasteiger partial charge < -0.3 is 0 Å². The molecule has 0 nitrogen and oxygen atoms in total. The molecular formula is C16H18. The van der Waals surface area contributed by atoms with Gasteiger partial charge in [0.2, 0.25) is 0 Å². The van der Waals surface area contributed by atoms with Gasteiger partial charge in [0.25, 0.3) is 0 Å².